The van der Waals surface area contributed by atoms with Gasteiger partial charge in [0, 0.05) is 4.90 Å². The first-order valence-corrected chi connectivity index (χ1v) is 5.64. The van der Waals surface area contributed by atoms with Crippen molar-refractivity contribution in [3.05, 3.63) is 35.2 Å². The zero-order valence-electron chi connectivity index (χ0n) is 7.18. The monoisotopic (exact) mass is 205 g/mol. The van der Waals surface area contributed by atoms with E-state index in [2.05, 4.69) is 0 Å². The molecule has 1 aromatic rings. The van der Waals surface area contributed by atoms with Gasteiger partial charge in [-0.3, -0.25) is 0 Å². The van der Waals surface area contributed by atoms with Crippen molar-refractivity contribution in [2.75, 3.05) is 0 Å². The van der Waals surface area contributed by atoms with Crippen molar-refractivity contribution in [3.8, 4) is 5.40 Å². The van der Waals surface area contributed by atoms with Gasteiger partial charge in [-0.2, -0.15) is 5.26 Å². The van der Waals surface area contributed by atoms with Crippen LogP contribution in [-0.4, -0.2) is 10.4 Å². The maximum Gasteiger partial charge on any atom is 0.367 e. The highest BCUT2D eigenvalue weighted by Gasteiger charge is 2.37. The molecular formula is C10H7NO2S. The zero-order chi connectivity index (χ0) is 10.2. The quantitative estimate of drug-likeness (QED) is 0.662. The zero-order valence-corrected chi connectivity index (χ0v) is 7.99. The molecule has 14 heavy (non-hydrogen) atoms. The predicted octanol–water partition coefficient (Wildman–Crippen LogP) is 2.99. The molecular weight excluding hydrogens is 198 g/mol. The van der Waals surface area contributed by atoms with Gasteiger partial charge in [0.15, 0.2) is 0 Å². The number of carboxylic acid groups (broad SMARTS) is 1. The largest absolute Gasteiger partial charge is 0.473 e. The summed E-state index contributed by atoms with van der Waals surface area (Å²) in [5.41, 5.74) is 0.839. The Balaban J connectivity index is 2.69. The van der Waals surface area contributed by atoms with E-state index in [1.54, 1.807) is 18.2 Å². The van der Waals surface area contributed by atoms with Crippen LogP contribution >= 0.6 is 10.0 Å². The third-order valence-corrected chi connectivity index (χ3v) is 4.59. The van der Waals surface area contributed by atoms with Crippen molar-refractivity contribution >= 4 is 21.4 Å². The third-order valence-electron chi connectivity index (χ3n) is 2.14. The summed E-state index contributed by atoms with van der Waals surface area (Å²) in [7, 11) is -2.43. The highest BCUT2D eigenvalue weighted by molar-refractivity contribution is 8.50. The van der Waals surface area contributed by atoms with Gasteiger partial charge in [0.25, 0.3) is 0 Å². The van der Waals surface area contributed by atoms with Crippen LogP contribution in [0.5, 0.6) is 0 Å². The normalized spacial score (nSPS) is 27.4. The van der Waals surface area contributed by atoms with Crippen LogP contribution in [0.25, 0.3) is 6.08 Å². The van der Waals surface area contributed by atoms with Gasteiger partial charge >= 0.3 is 5.30 Å². The van der Waals surface area contributed by atoms with Crippen molar-refractivity contribution < 1.29 is 9.90 Å². The second kappa shape index (κ2) is 2.89. The van der Waals surface area contributed by atoms with Gasteiger partial charge in [-0.15, -0.1) is 0 Å². The molecule has 0 amide bonds. The fourth-order valence-electron chi connectivity index (χ4n) is 1.43. The minimum Gasteiger partial charge on any atom is -0.473 e. The molecule has 0 aliphatic carbocycles. The first-order valence-electron chi connectivity index (χ1n) is 3.95. The molecule has 0 spiro atoms. The molecule has 1 unspecified atom stereocenters. The Bertz CT molecular complexity index is 475. The molecule has 0 fully saturated rings. The van der Waals surface area contributed by atoms with Crippen LogP contribution in [0, 0.1) is 10.7 Å². The standard InChI is InChI=1S/C10H7NO2S/c11-7-14(10(12)13)6-5-8-3-1-2-4-9(8)14/h1-6H,(H,12,13). The smallest absolute Gasteiger partial charge is 0.367 e. The molecule has 1 aliphatic heterocycles. The number of nitriles is 1. The van der Waals surface area contributed by atoms with Crippen LogP contribution in [0.3, 0.4) is 0 Å². The lowest BCUT2D eigenvalue weighted by Gasteiger charge is -2.20. The Labute approximate surface area is 82.6 Å². The van der Waals surface area contributed by atoms with Gasteiger partial charge in [-0.1, -0.05) is 18.2 Å². The summed E-state index contributed by atoms with van der Waals surface area (Å²) in [6.45, 7) is 0. The highest BCUT2D eigenvalue weighted by Crippen LogP contribution is 2.62. The van der Waals surface area contributed by atoms with Gasteiger partial charge in [0.05, 0.1) is 0 Å². The Kier molecular flexibility index (Phi) is 1.83. The van der Waals surface area contributed by atoms with E-state index >= 15 is 0 Å². The van der Waals surface area contributed by atoms with Gasteiger partial charge in [-0.25, -0.2) is 4.79 Å². The summed E-state index contributed by atoms with van der Waals surface area (Å²) < 4.78 is 0. The average molecular weight is 205 g/mol. The molecule has 70 valence electrons. The molecule has 0 bridgehead atoms. The van der Waals surface area contributed by atoms with Crippen LogP contribution in [0.2, 0.25) is 0 Å². The highest BCUT2D eigenvalue weighted by atomic mass is 32.3. The molecule has 1 aromatic carbocycles. The summed E-state index contributed by atoms with van der Waals surface area (Å²) >= 11 is 0. The van der Waals surface area contributed by atoms with Crippen molar-refractivity contribution in [1.82, 2.24) is 0 Å². The third kappa shape index (κ3) is 0.963. The molecule has 1 aliphatic rings. The fourth-order valence-corrected chi connectivity index (χ4v) is 3.27. The van der Waals surface area contributed by atoms with E-state index in [0.717, 1.165) is 5.56 Å². The predicted molar refractivity (Wildman–Crippen MR) is 55.0 cm³/mol. The molecule has 0 saturated heterocycles. The van der Waals surface area contributed by atoms with Gasteiger partial charge in [0.1, 0.15) is 5.40 Å². The van der Waals surface area contributed by atoms with Crippen LogP contribution in [0.15, 0.2) is 34.6 Å². The number of thiocyanates is 1. The number of carbonyl (C=O) groups is 1. The van der Waals surface area contributed by atoms with E-state index in [1.165, 1.54) is 5.41 Å². The summed E-state index contributed by atoms with van der Waals surface area (Å²) in [6.07, 6.45) is 1.71. The number of rotatable bonds is 0. The van der Waals surface area contributed by atoms with Crippen molar-refractivity contribution in [2.45, 2.75) is 4.90 Å². The molecule has 1 heterocycles. The van der Waals surface area contributed by atoms with E-state index in [1.807, 2.05) is 17.5 Å². The van der Waals surface area contributed by atoms with Gasteiger partial charge in [-0.05, 0) is 33.1 Å². The summed E-state index contributed by atoms with van der Waals surface area (Å²) in [5.74, 6) is 0. The lowest BCUT2D eigenvalue weighted by atomic mass is 10.2. The maximum absolute atomic E-state index is 11.1. The van der Waals surface area contributed by atoms with Crippen LogP contribution in [0.4, 0.5) is 4.79 Å². The fraction of sp³-hybridized carbons (Fsp3) is 0. The lowest BCUT2D eigenvalue weighted by Crippen LogP contribution is -2.03. The number of benzene rings is 1. The van der Waals surface area contributed by atoms with E-state index in [-0.39, 0.29) is 0 Å². The molecule has 4 heteroatoms. The second-order valence-electron chi connectivity index (χ2n) is 2.86. The lowest BCUT2D eigenvalue weighted by molar-refractivity contribution is 0.221. The molecule has 0 saturated carbocycles. The maximum atomic E-state index is 11.1. The SMILES string of the molecule is N#CS1(C(=O)O)C=Cc2ccccc21. The molecule has 0 radical (unpaired) electrons. The van der Waals surface area contributed by atoms with Gasteiger partial charge < -0.3 is 5.11 Å². The Morgan fingerprint density at radius 2 is 2.14 bits per heavy atom. The van der Waals surface area contributed by atoms with Crippen LogP contribution < -0.4 is 0 Å². The summed E-state index contributed by atoms with van der Waals surface area (Å²) in [5, 5.41) is 20.5. The van der Waals surface area contributed by atoms with Crippen molar-refractivity contribution in [1.29, 1.82) is 5.26 Å². The summed E-state index contributed by atoms with van der Waals surface area (Å²) in [4.78, 5) is 11.7. The van der Waals surface area contributed by atoms with E-state index in [4.69, 9.17) is 10.4 Å². The first-order chi connectivity index (χ1) is 6.70. The van der Waals surface area contributed by atoms with E-state index in [9.17, 15) is 4.79 Å². The molecule has 2 rings (SSSR count). The molecule has 3 nitrogen and oxygen atoms in total. The minimum atomic E-state index is -2.43. The van der Waals surface area contributed by atoms with E-state index < -0.39 is 15.3 Å². The van der Waals surface area contributed by atoms with Crippen LogP contribution in [0.1, 0.15) is 5.56 Å². The van der Waals surface area contributed by atoms with E-state index in [0.29, 0.717) is 4.90 Å². The topological polar surface area (TPSA) is 61.1 Å². The second-order valence-corrected chi connectivity index (χ2v) is 5.42. The summed E-state index contributed by atoms with van der Waals surface area (Å²) in [6, 6.07) is 7.12. The number of hydrogen-bond donors (Lipinski definition) is 1. The van der Waals surface area contributed by atoms with Crippen LogP contribution in [-0.2, 0) is 0 Å². The molecule has 1 atom stereocenters. The van der Waals surface area contributed by atoms with Crippen molar-refractivity contribution in [2.24, 2.45) is 0 Å². The number of hydrogen-bond acceptors (Lipinski definition) is 2. The van der Waals surface area contributed by atoms with Crippen molar-refractivity contribution in [3.63, 3.8) is 0 Å². The molecule has 0 aromatic heterocycles. The van der Waals surface area contributed by atoms with Gasteiger partial charge in [0.2, 0.25) is 0 Å². The Morgan fingerprint density at radius 3 is 2.79 bits per heavy atom. The molecule has 1 N–H and O–H groups in total. The Hall–Kier alpha value is -1.73. The first kappa shape index (κ1) is 8.85. The number of fused-ring (bicyclic) bond motifs is 1. The average Bonchev–Trinajstić information content (AvgIpc) is 2.57. The number of nitrogens with zero attached hydrogens (tertiary/aromatic N) is 1. The Morgan fingerprint density at radius 1 is 1.43 bits per heavy atom. The minimum absolute atomic E-state index is 0.634.